The van der Waals surface area contributed by atoms with Crippen LogP contribution in [0.5, 0.6) is 0 Å². The highest BCUT2D eigenvalue weighted by molar-refractivity contribution is 4.73. The first-order valence-corrected chi connectivity index (χ1v) is 6.06. The molecular formula is C12H25NO. The fraction of sp³-hybridized carbons (Fsp3) is 1.00. The van der Waals surface area contributed by atoms with Crippen LogP contribution in [0.15, 0.2) is 0 Å². The molecular weight excluding hydrogens is 174 g/mol. The van der Waals surface area contributed by atoms with Gasteiger partial charge in [-0.1, -0.05) is 26.2 Å². The molecule has 1 fully saturated rings. The fourth-order valence-corrected chi connectivity index (χ4v) is 2.44. The summed E-state index contributed by atoms with van der Waals surface area (Å²) in [7, 11) is 1.76. The van der Waals surface area contributed by atoms with Crippen LogP contribution in [0.25, 0.3) is 0 Å². The highest BCUT2D eigenvalue weighted by Crippen LogP contribution is 2.30. The minimum Gasteiger partial charge on any atom is -0.383 e. The molecule has 0 radical (unpaired) electrons. The van der Waals surface area contributed by atoms with Gasteiger partial charge in [-0.25, -0.2) is 0 Å². The number of hydrogen-bond acceptors (Lipinski definition) is 2. The van der Waals surface area contributed by atoms with E-state index in [0.717, 1.165) is 25.0 Å². The van der Waals surface area contributed by atoms with Crippen molar-refractivity contribution in [3.8, 4) is 0 Å². The Bertz CT molecular complexity index is 138. The normalized spacial score (nSPS) is 27.9. The van der Waals surface area contributed by atoms with E-state index in [0.29, 0.717) is 0 Å². The number of ether oxygens (including phenoxy) is 1. The number of nitrogens with one attached hydrogen (secondary N) is 1. The third kappa shape index (κ3) is 4.43. The van der Waals surface area contributed by atoms with Gasteiger partial charge in [-0.05, 0) is 31.2 Å². The maximum absolute atomic E-state index is 5.01. The highest BCUT2D eigenvalue weighted by Gasteiger charge is 2.19. The van der Waals surface area contributed by atoms with Crippen LogP contribution in [0.1, 0.15) is 39.0 Å². The lowest BCUT2D eigenvalue weighted by Gasteiger charge is -2.28. The molecule has 0 heterocycles. The second-order valence-electron chi connectivity index (χ2n) is 4.50. The molecule has 2 nitrogen and oxygen atoms in total. The van der Waals surface area contributed by atoms with Gasteiger partial charge in [0.1, 0.15) is 0 Å². The summed E-state index contributed by atoms with van der Waals surface area (Å²) >= 11 is 0. The lowest BCUT2D eigenvalue weighted by molar-refractivity contribution is 0.192. The van der Waals surface area contributed by atoms with Gasteiger partial charge in [0, 0.05) is 13.7 Å². The second kappa shape index (κ2) is 7.24. The maximum atomic E-state index is 5.01. The minimum atomic E-state index is 0.837. The van der Waals surface area contributed by atoms with Crippen LogP contribution < -0.4 is 5.32 Å². The lowest BCUT2D eigenvalue weighted by atomic mass is 9.80. The van der Waals surface area contributed by atoms with Crippen molar-refractivity contribution in [2.24, 2.45) is 11.8 Å². The average Bonchev–Trinajstić information content (AvgIpc) is 2.25. The van der Waals surface area contributed by atoms with E-state index in [1.807, 2.05) is 0 Å². The van der Waals surface area contributed by atoms with Crippen LogP contribution in [0.4, 0.5) is 0 Å². The summed E-state index contributed by atoms with van der Waals surface area (Å²) in [6.07, 6.45) is 7.14. The molecule has 0 aliphatic heterocycles. The van der Waals surface area contributed by atoms with Crippen molar-refractivity contribution in [1.29, 1.82) is 0 Å². The van der Waals surface area contributed by atoms with E-state index in [1.54, 1.807) is 7.11 Å². The van der Waals surface area contributed by atoms with E-state index in [2.05, 4.69) is 12.2 Å². The molecule has 1 aliphatic rings. The Morgan fingerprint density at radius 2 is 2.07 bits per heavy atom. The molecule has 2 atom stereocenters. The van der Waals surface area contributed by atoms with Crippen molar-refractivity contribution in [2.75, 3.05) is 26.8 Å². The van der Waals surface area contributed by atoms with E-state index in [-0.39, 0.29) is 0 Å². The van der Waals surface area contributed by atoms with Crippen molar-refractivity contribution in [3.05, 3.63) is 0 Å². The third-order valence-corrected chi connectivity index (χ3v) is 3.38. The van der Waals surface area contributed by atoms with E-state index in [4.69, 9.17) is 4.74 Å². The lowest BCUT2D eigenvalue weighted by Crippen LogP contribution is -2.29. The van der Waals surface area contributed by atoms with Crippen molar-refractivity contribution >= 4 is 0 Å². The Balaban J connectivity index is 2.05. The highest BCUT2D eigenvalue weighted by atomic mass is 16.5. The Morgan fingerprint density at radius 3 is 2.79 bits per heavy atom. The van der Waals surface area contributed by atoms with Gasteiger partial charge in [-0.15, -0.1) is 0 Å². The maximum Gasteiger partial charge on any atom is 0.0587 e. The SMILES string of the molecule is CCC1CCCC(CNCCOC)C1. The molecule has 84 valence electrons. The van der Waals surface area contributed by atoms with E-state index in [9.17, 15) is 0 Å². The van der Waals surface area contributed by atoms with Gasteiger partial charge in [0.15, 0.2) is 0 Å². The molecule has 14 heavy (non-hydrogen) atoms. The monoisotopic (exact) mass is 199 g/mol. The zero-order valence-corrected chi connectivity index (χ0v) is 9.72. The summed E-state index contributed by atoms with van der Waals surface area (Å²) in [5.41, 5.74) is 0. The van der Waals surface area contributed by atoms with Gasteiger partial charge in [-0.3, -0.25) is 0 Å². The van der Waals surface area contributed by atoms with E-state index >= 15 is 0 Å². The summed E-state index contributed by atoms with van der Waals surface area (Å²) in [5.74, 6) is 1.92. The van der Waals surface area contributed by atoms with Crippen molar-refractivity contribution < 1.29 is 4.74 Å². The molecule has 0 spiro atoms. The zero-order valence-electron chi connectivity index (χ0n) is 9.72. The molecule has 0 aromatic rings. The zero-order chi connectivity index (χ0) is 10.2. The van der Waals surface area contributed by atoms with Crippen LogP contribution in [-0.4, -0.2) is 26.8 Å². The first-order valence-electron chi connectivity index (χ1n) is 6.06. The van der Waals surface area contributed by atoms with Gasteiger partial charge in [0.2, 0.25) is 0 Å². The van der Waals surface area contributed by atoms with Crippen LogP contribution in [0.2, 0.25) is 0 Å². The molecule has 1 N–H and O–H groups in total. The Hall–Kier alpha value is -0.0800. The van der Waals surface area contributed by atoms with Crippen molar-refractivity contribution in [3.63, 3.8) is 0 Å². The molecule has 2 heteroatoms. The van der Waals surface area contributed by atoms with Gasteiger partial charge in [0.05, 0.1) is 6.61 Å². The van der Waals surface area contributed by atoms with Crippen LogP contribution >= 0.6 is 0 Å². The third-order valence-electron chi connectivity index (χ3n) is 3.38. The number of rotatable bonds is 6. The number of methoxy groups -OCH3 is 1. The first kappa shape index (κ1) is 12.0. The van der Waals surface area contributed by atoms with Crippen molar-refractivity contribution in [1.82, 2.24) is 5.32 Å². The molecule has 0 bridgehead atoms. The molecule has 0 amide bonds. The second-order valence-corrected chi connectivity index (χ2v) is 4.50. The quantitative estimate of drug-likeness (QED) is 0.663. The van der Waals surface area contributed by atoms with Crippen molar-refractivity contribution in [2.45, 2.75) is 39.0 Å². The van der Waals surface area contributed by atoms with Gasteiger partial charge in [-0.2, -0.15) is 0 Å². The molecule has 1 rings (SSSR count). The fourth-order valence-electron chi connectivity index (χ4n) is 2.44. The topological polar surface area (TPSA) is 21.3 Å². The predicted octanol–water partition coefficient (Wildman–Crippen LogP) is 2.44. The largest absolute Gasteiger partial charge is 0.383 e. The first-order chi connectivity index (χ1) is 6.86. The average molecular weight is 199 g/mol. The Morgan fingerprint density at radius 1 is 1.29 bits per heavy atom. The summed E-state index contributed by atoms with van der Waals surface area (Å²) < 4.78 is 5.01. The number of hydrogen-bond donors (Lipinski definition) is 1. The molecule has 1 saturated carbocycles. The molecule has 1 aliphatic carbocycles. The molecule has 0 aromatic heterocycles. The van der Waals surface area contributed by atoms with Gasteiger partial charge < -0.3 is 10.1 Å². The van der Waals surface area contributed by atoms with E-state index in [1.165, 1.54) is 38.6 Å². The van der Waals surface area contributed by atoms with Crippen LogP contribution in [0, 0.1) is 11.8 Å². The summed E-state index contributed by atoms with van der Waals surface area (Å²) in [6, 6.07) is 0. The summed E-state index contributed by atoms with van der Waals surface area (Å²) in [6.45, 7) is 5.36. The Kier molecular flexibility index (Phi) is 6.20. The van der Waals surface area contributed by atoms with Crippen LogP contribution in [-0.2, 0) is 4.74 Å². The minimum absolute atomic E-state index is 0.837. The van der Waals surface area contributed by atoms with E-state index < -0.39 is 0 Å². The standard InChI is InChI=1S/C12H25NO/c1-3-11-5-4-6-12(9-11)10-13-7-8-14-2/h11-13H,3-10H2,1-2H3. The summed E-state index contributed by atoms with van der Waals surface area (Å²) in [4.78, 5) is 0. The smallest absolute Gasteiger partial charge is 0.0587 e. The molecule has 0 saturated heterocycles. The van der Waals surface area contributed by atoms with Gasteiger partial charge >= 0.3 is 0 Å². The molecule has 2 unspecified atom stereocenters. The predicted molar refractivity (Wildman–Crippen MR) is 60.5 cm³/mol. The van der Waals surface area contributed by atoms with Gasteiger partial charge in [0.25, 0.3) is 0 Å². The summed E-state index contributed by atoms with van der Waals surface area (Å²) in [5, 5.41) is 3.48. The molecule has 0 aromatic carbocycles. The Labute approximate surface area is 88.4 Å². The van der Waals surface area contributed by atoms with Crippen LogP contribution in [0.3, 0.4) is 0 Å².